The van der Waals surface area contributed by atoms with Gasteiger partial charge >= 0.3 is 0 Å². The summed E-state index contributed by atoms with van der Waals surface area (Å²) in [5.41, 5.74) is 6.59. The van der Waals surface area contributed by atoms with Crippen molar-refractivity contribution in [2.45, 2.75) is 51.5 Å². The predicted octanol–water partition coefficient (Wildman–Crippen LogP) is 4.27. The van der Waals surface area contributed by atoms with Crippen molar-refractivity contribution in [3.63, 3.8) is 0 Å². The van der Waals surface area contributed by atoms with Crippen molar-refractivity contribution >= 4 is 10.8 Å². The van der Waals surface area contributed by atoms with E-state index in [0.717, 1.165) is 6.54 Å². The summed E-state index contributed by atoms with van der Waals surface area (Å²) in [6, 6.07) is 9.96. The van der Waals surface area contributed by atoms with Crippen LogP contribution in [0.15, 0.2) is 24.3 Å². The molecule has 2 aromatic rings. The highest BCUT2D eigenvalue weighted by Gasteiger charge is 2.39. The van der Waals surface area contributed by atoms with Gasteiger partial charge < -0.3 is 5.32 Å². The first-order valence-corrected chi connectivity index (χ1v) is 7.93. The van der Waals surface area contributed by atoms with E-state index < -0.39 is 0 Å². The summed E-state index contributed by atoms with van der Waals surface area (Å²) in [6.07, 6.45) is 3.67. The fraction of sp³-hybridized carbons (Fsp3) is 0.474. The van der Waals surface area contributed by atoms with Crippen LogP contribution >= 0.6 is 0 Å². The highest BCUT2D eigenvalue weighted by atomic mass is 14.9. The number of nitrogens with one attached hydrogen (secondary N) is 1. The second-order valence-electron chi connectivity index (χ2n) is 7.04. The first-order chi connectivity index (χ1) is 9.62. The minimum absolute atomic E-state index is 0.280. The highest BCUT2D eigenvalue weighted by molar-refractivity contribution is 5.95. The summed E-state index contributed by atoms with van der Waals surface area (Å²) in [7, 11) is 0. The zero-order chi connectivity index (χ0) is 13.9. The molecule has 0 saturated carbocycles. The molecule has 1 N–H and O–H groups in total. The topological polar surface area (TPSA) is 12.0 Å². The van der Waals surface area contributed by atoms with Crippen molar-refractivity contribution in [1.29, 1.82) is 0 Å². The Labute approximate surface area is 121 Å². The molecule has 20 heavy (non-hydrogen) atoms. The standard InChI is InChI=1S/C19H23N/c1-4-20-16-11-19(2,3)18-14-7-5-6-12-8-9-13(17(12)14)10-15(16)18/h5-7,10,16,20H,4,8-9,11H2,1-3H3. The third kappa shape index (κ3) is 1.53. The van der Waals surface area contributed by atoms with Gasteiger partial charge in [0.1, 0.15) is 0 Å². The smallest absolute Gasteiger partial charge is 0.0331 e. The maximum absolute atomic E-state index is 3.69. The van der Waals surface area contributed by atoms with Crippen LogP contribution in [-0.4, -0.2) is 6.54 Å². The Hall–Kier alpha value is -1.34. The highest BCUT2D eigenvalue weighted by Crippen LogP contribution is 2.50. The Morgan fingerprint density at radius 1 is 1.20 bits per heavy atom. The van der Waals surface area contributed by atoms with Gasteiger partial charge in [-0.2, -0.15) is 0 Å². The fourth-order valence-corrected chi connectivity index (χ4v) is 4.53. The van der Waals surface area contributed by atoms with Crippen molar-refractivity contribution in [2.75, 3.05) is 6.54 Å². The molecule has 4 rings (SSSR count). The molecule has 0 saturated heterocycles. The molecule has 0 bridgehead atoms. The Kier molecular flexibility index (Phi) is 2.53. The monoisotopic (exact) mass is 265 g/mol. The lowest BCUT2D eigenvalue weighted by Gasteiger charge is -2.21. The van der Waals surface area contributed by atoms with Gasteiger partial charge in [-0.3, -0.25) is 0 Å². The first kappa shape index (κ1) is 12.4. The van der Waals surface area contributed by atoms with Crippen LogP contribution in [0, 0.1) is 0 Å². The zero-order valence-corrected chi connectivity index (χ0v) is 12.7. The van der Waals surface area contributed by atoms with Gasteiger partial charge in [-0.1, -0.05) is 45.0 Å². The van der Waals surface area contributed by atoms with E-state index in [1.807, 2.05) is 0 Å². The molecule has 2 aliphatic carbocycles. The van der Waals surface area contributed by atoms with Crippen LogP contribution in [0.3, 0.4) is 0 Å². The lowest BCUT2D eigenvalue weighted by Crippen LogP contribution is -2.20. The van der Waals surface area contributed by atoms with Gasteiger partial charge in [0.25, 0.3) is 0 Å². The van der Waals surface area contributed by atoms with E-state index in [1.165, 1.54) is 24.6 Å². The molecule has 1 unspecified atom stereocenters. The number of benzene rings is 2. The van der Waals surface area contributed by atoms with Crippen LogP contribution in [0.5, 0.6) is 0 Å². The molecule has 1 nitrogen and oxygen atoms in total. The van der Waals surface area contributed by atoms with Crippen molar-refractivity contribution in [3.8, 4) is 0 Å². The minimum Gasteiger partial charge on any atom is -0.310 e. The summed E-state index contributed by atoms with van der Waals surface area (Å²) < 4.78 is 0. The molecular formula is C19H23N. The van der Waals surface area contributed by atoms with Gasteiger partial charge in [0.2, 0.25) is 0 Å². The minimum atomic E-state index is 0.280. The second-order valence-corrected chi connectivity index (χ2v) is 7.04. The van der Waals surface area contributed by atoms with Gasteiger partial charge in [0.15, 0.2) is 0 Å². The molecular weight excluding hydrogens is 242 g/mol. The Morgan fingerprint density at radius 3 is 2.80 bits per heavy atom. The van der Waals surface area contributed by atoms with Crippen molar-refractivity contribution in [1.82, 2.24) is 5.32 Å². The lowest BCUT2D eigenvalue weighted by atomic mass is 9.82. The maximum Gasteiger partial charge on any atom is 0.0331 e. The van der Waals surface area contributed by atoms with E-state index in [9.17, 15) is 0 Å². The number of aryl methyl sites for hydroxylation is 2. The Balaban J connectivity index is 2.06. The van der Waals surface area contributed by atoms with E-state index >= 15 is 0 Å². The van der Waals surface area contributed by atoms with E-state index in [2.05, 4.69) is 50.4 Å². The average Bonchev–Trinajstić information content (AvgIpc) is 2.92. The zero-order valence-electron chi connectivity index (χ0n) is 12.7. The molecule has 1 atom stereocenters. The SMILES string of the molecule is CCNC1CC(C)(C)c2c1cc1c3c(cccc23)CC1. The van der Waals surface area contributed by atoms with Crippen molar-refractivity contribution < 1.29 is 0 Å². The molecule has 0 aromatic heterocycles. The number of rotatable bonds is 2. The van der Waals surface area contributed by atoms with Crippen LogP contribution in [0.1, 0.15) is 55.5 Å². The molecule has 2 aliphatic rings. The van der Waals surface area contributed by atoms with E-state index in [1.54, 1.807) is 27.6 Å². The number of hydrogen-bond donors (Lipinski definition) is 1. The molecule has 1 heteroatoms. The average molecular weight is 265 g/mol. The predicted molar refractivity (Wildman–Crippen MR) is 85.4 cm³/mol. The van der Waals surface area contributed by atoms with Crippen LogP contribution in [-0.2, 0) is 18.3 Å². The van der Waals surface area contributed by atoms with Crippen LogP contribution < -0.4 is 5.32 Å². The number of hydrogen-bond acceptors (Lipinski definition) is 1. The van der Waals surface area contributed by atoms with Crippen LogP contribution in [0.2, 0.25) is 0 Å². The Morgan fingerprint density at radius 2 is 2.00 bits per heavy atom. The maximum atomic E-state index is 3.69. The van der Waals surface area contributed by atoms with E-state index in [0.29, 0.717) is 6.04 Å². The summed E-state index contributed by atoms with van der Waals surface area (Å²) in [5, 5.41) is 6.78. The van der Waals surface area contributed by atoms with Crippen LogP contribution in [0.4, 0.5) is 0 Å². The molecule has 2 aromatic carbocycles. The fourth-order valence-electron chi connectivity index (χ4n) is 4.53. The molecule has 0 aliphatic heterocycles. The van der Waals surface area contributed by atoms with E-state index in [-0.39, 0.29) is 5.41 Å². The second kappa shape index (κ2) is 4.08. The molecule has 0 fully saturated rings. The van der Waals surface area contributed by atoms with Gasteiger partial charge in [-0.05, 0) is 64.2 Å². The Bertz CT molecular complexity index is 696. The molecule has 0 heterocycles. The van der Waals surface area contributed by atoms with Crippen molar-refractivity contribution in [2.24, 2.45) is 0 Å². The quantitative estimate of drug-likeness (QED) is 0.855. The van der Waals surface area contributed by atoms with E-state index in [4.69, 9.17) is 0 Å². The number of fused-ring (bicyclic) bond motifs is 2. The molecule has 0 radical (unpaired) electrons. The largest absolute Gasteiger partial charge is 0.310 e. The van der Waals surface area contributed by atoms with Crippen molar-refractivity contribution in [3.05, 3.63) is 46.5 Å². The first-order valence-electron chi connectivity index (χ1n) is 7.93. The molecule has 0 spiro atoms. The van der Waals surface area contributed by atoms with Gasteiger partial charge in [-0.15, -0.1) is 0 Å². The van der Waals surface area contributed by atoms with Gasteiger partial charge in [0, 0.05) is 6.04 Å². The van der Waals surface area contributed by atoms with Gasteiger partial charge in [0.05, 0.1) is 0 Å². The van der Waals surface area contributed by atoms with Crippen LogP contribution in [0.25, 0.3) is 10.8 Å². The summed E-state index contributed by atoms with van der Waals surface area (Å²) in [5.74, 6) is 0. The summed E-state index contributed by atoms with van der Waals surface area (Å²) in [6.45, 7) is 8.08. The lowest BCUT2D eigenvalue weighted by molar-refractivity contribution is 0.435. The third-order valence-electron chi connectivity index (χ3n) is 5.24. The normalized spacial score (nSPS) is 22.4. The molecule has 104 valence electrons. The summed E-state index contributed by atoms with van der Waals surface area (Å²) in [4.78, 5) is 0. The molecule has 0 amide bonds. The summed E-state index contributed by atoms with van der Waals surface area (Å²) >= 11 is 0. The van der Waals surface area contributed by atoms with Gasteiger partial charge in [-0.25, -0.2) is 0 Å². The third-order valence-corrected chi connectivity index (χ3v) is 5.24.